The van der Waals surface area contributed by atoms with Gasteiger partial charge in [0.2, 0.25) is 5.91 Å². The van der Waals surface area contributed by atoms with Gasteiger partial charge in [-0.1, -0.05) is 37.6 Å². The zero-order valence-electron chi connectivity index (χ0n) is 13.4. The van der Waals surface area contributed by atoms with Gasteiger partial charge >= 0.3 is 0 Å². The van der Waals surface area contributed by atoms with Crippen LogP contribution < -0.4 is 11.1 Å². The quantitative estimate of drug-likeness (QED) is 0.809. The molecule has 5 heteroatoms. The van der Waals surface area contributed by atoms with Crippen LogP contribution >= 0.6 is 12.4 Å². The second kappa shape index (κ2) is 9.82. The van der Waals surface area contributed by atoms with E-state index in [0.29, 0.717) is 6.54 Å². The Morgan fingerprint density at radius 1 is 1.23 bits per heavy atom. The summed E-state index contributed by atoms with van der Waals surface area (Å²) in [6, 6.07) is 8.12. The number of hydrogen-bond donors (Lipinski definition) is 2. The lowest BCUT2D eigenvalue weighted by Gasteiger charge is -2.15. The summed E-state index contributed by atoms with van der Waals surface area (Å²) in [6.45, 7) is 6.06. The molecule has 1 heterocycles. The van der Waals surface area contributed by atoms with Gasteiger partial charge in [0.1, 0.15) is 0 Å². The number of nitrogens with zero attached hydrogens (tertiary/aromatic N) is 1. The Kier molecular flexibility index (Phi) is 8.46. The van der Waals surface area contributed by atoms with Crippen molar-refractivity contribution in [2.24, 2.45) is 5.73 Å². The molecule has 1 aliphatic heterocycles. The monoisotopic (exact) mass is 325 g/mol. The molecule has 0 spiro atoms. The van der Waals surface area contributed by atoms with Crippen LogP contribution in [0.2, 0.25) is 0 Å². The Morgan fingerprint density at radius 3 is 2.41 bits per heavy atom. The molecule has 1 saturated heterocycles. The van der Waals surface area contributed by atoms with E-state index in [1.54, 1.807) is 0 Å². The van der Waals surface area contributed by atoms with Gasteiger partial charge in [-0.2, -0.15) is 0 Å². The highest BCUT2D eigenvalue weighted by Gasteiger charge is 2.12. The van der Waals surface area contributed by atoms with Crippen molar-refractivity contribution >= 4 is 18.3 Å². The van der Waals surface area contributed by atoms with E-state index in [2.05, 4.69) is 34.5 Å². The number of hydrogen-bond acceptors (Lipinski definition) is 3. The molecule has 4 nitrogen and oxygen atoms in total. The van der Waals surface area contributed by atoms with E-state index in [9.17, 15) is 4.79 Å². The molecule has 0 bridgehead atoms. The van der Waals surface area contributed by atoms with E-state index >= 15 is 0 Å². The predicted octanol–water partition coefficient (Wildman–Crippen LogP) is 2.45. The number of benzene rings is 1. The van der Waals surface area contributed by atoms with Crippen LogP contribution in [0, 0.1) is 0 Å². The van der Waals surface area contributed by atoms with E-state index in [-0.39, 0.29) is 24.4 Å². The van der Waals surface area contributed by atoms with Crippen molar-refractivity contribution in [3.05, 3.63) is 35.4 Å². The molecule has 0 saturated carbocycles. The summed E-state index contributed by atoms with van der Waals surface area (Å²) < 4.78 is 0. The minimum atomic E-state index is -0.385. The molecule has 1 aromatic rings. The van der Waals surface area contributed by atoms with E-state index in [1.165, 1.54) is 31.5 Å². The third-order valence-corrected chi connectivity index (χ3v) is 4.03. The summed E-state index contributed by atoms with van der Waals surface area (Å²) in [7, 11) is 0. The number of halogens is 1. The molecular weight excluding hydrogens is 298 g/mol. The largest absolute Gasteiger partial charge is 0.351 e. The SMILES string of the molecule is CCCC(N)C(=O)NCc1ccc(CN2CCCC2)cc1.Cl. The zero-order chi connectivity index (χ0) is 15.1. The van der Waals surface area contributed by atoms with Gasteiger partial charge in [0.15, 0.2) is 0 Å². The molecule has 0 aromatic heterocycles. The third-order valence-electron chi connectivity index (χ3n) is 4.03. The summed E-state index contributed by atoms with van der Waals surface area (Å²) in [6.07, 6.45) is 4.31. The summed E-state index contributed by atoms with van der Waals surface area (Å²) in [5, 5.41) is 2.90. The Bertz CT molecular complexity index is 444. The first-order valence-corrected chi connectivity index (χ1v) is 8.02. The standard InChI is InChI=1S/C17H27N3O.ClH/c1-2-5-16(18)17(21)19-12-14-6-8-15(9-7-14)13-20-10-3-4-11-20;/h6-9,16H,2-5,10-13,18H2,1H3,(H,19,21);1H. The molecule has 1 aromatic carbocycles. The van der Waals surface area contributed by atoms with E-state index in [4.69, 9.17) is 5.73 Å². The predicted molar refractivity (Wildman–Crippen MR) is 92.9 cm³/mol. The molecule has 0 radical (unpaired) electrons. The second-order valence-corrected chi connectivity index (χ2v) is 5.91. The molecule has 2 rings (SSSR count). The highest BCUT2D eigenvalue weighted by molar-refractivity contribution is 5.85. The van der Waals surface area contributed by atoms with Crippen LogP contribution in [0.1, 0.15) is 43.7 Å². The van der Waals surface area contributed by atoms with Gasteiger partial charge in [0, 0.05) is 13.1 Å². The average molecular weight is 326 g/mol. The molecule has 0 aliphatic carbocycles. The highest BCUT2D eigenvalue weighted by atomic mass is 35.5. The first kappa shape index (κ1) is 18.9. The molecule has 124 valence electrons. The number of carbonyl (C=O) groups excluding carboxylic acids is 1. The fourth-order valence-corrected chi connectivity index (χ4v) is 2.72. The number of carbonyl (C=O) groups is 1. The van der Waals surface area contributed by atoms with E-state index in [1.807, 2.05) is 6.92 Å². The lowest BCUT2D eigenvalue weighted by atomic mass is 10.1. The maximum absolute atomic E-state index is 11.8. The maximum Gasteiger partial charge on any atom is 0.237 e. The van der Waals surface area contributed by atoms with Crippen molar-refractivity contribution in [3.63, 3.8) is 0 Å². The average Bonchev–Trinajstić information content (AvgIpc) is 2.99. The number of rotatable bonds is 7. The molecule has 1 atom stereocenters. The van der Waals surface area contributed by atoms with Crippen LogP contribution in [0.5, 0.6) is 0 Å². The summed E-state index contributed by atoms with van der Waals surface area (Å²) in [5.74, 6) is -0.0574. The Labute approximate surface area is 139 Å². The topological polar surface area (TPSA) is 58.4 Å². The molecule has 1 amide bonds. The Balaban J connectivity index is 0.00000242. The summed E-state index contributed by atoms with van der Waals surface area (Å²) >= 11 is 0. The van der Waals surface area contributed by atoms with Crippen molar-refractivity contribution in [1.82, 2.24) is 10.2 Å². The Hall–Kier alpha value is -1.10. The zero-order valence-corrected chi connectivity index (χ0v) is 14.2. The van der Waals surface area contributed by atoms with Crippen LogP contribution in [0.4, 0.5) is 0 Å². The van der Waals surface area contributed by atoms with Crippen molar-refractivity contribution in [3.8, 4) is 0 Å². The Morgan fingerprint density at radius 2 is 1.82 bits per heavy atom. The maximum atomic E-state index is 11.8. The van der Waals surface area contributed by atoms with Crippen LogP contribution in [0.3, 0.4) is 0 Å². The number of nitrogens with two attached hydrogens (primary N) is 1. The second-order valence-electron chi connectivity index (χ2n) is 5.91. The normalized spacial score (nSPS) is 16.1. The fraction of sp³-hybridized carbons (Fsp3) is 0.588. The number of amides is 1. The minimum Gasteiger partial charge on any atom is -0.351 e. The lowest BCUT2D eigenvalue weighted by molar-refractivity contribution is -0.122. The molecule has 3 N–H and O–H groups in total. The van der Waals surface area contributed by atoms with Crippen LogP contribution in [0.25, 0.3) is 0 Å². The third kappa shape index (κ3) is 5.95. The van der Waals surface area contributed by atoms with Crippen LogP contribution in [-0.2, 0) is 17.9 Å². The molecule has 1 aliphatic rings. The number of likely N-dealkylation sites (tertiary alicyclic amines) is 1. The highest BCUT2D eigenvalue weighted by Crippen LogP contribution is 2.13. The van der Waals surface area contributed by atoms with Gasteiger partial charge < -0.3 is 11.1 Å². The van der Waals surface area contributed by atoms with E-state index < -0.39 is 0 Å². The summed E-state index contributed by atoms with van der Waals surface area (Å²) in [5.41, 5.74) is 8.25. The molecule has 1 unspecified atom stereocenters. The van der Waals surface area contributed by atoms with Crippen molar-refractivity contribution in [2.45, 2.75) is 51.7 Å². The minimum absolute atomic E-state index is 0. The fourth-order valence-electron chi connectivity index (χ4n) is 2.72. The van der Waals surface area contributed by atoms with Gasteiger partial charge in [-0.3, -0.25) is 9.69 Å². The van der Waals surface area contributed by atoms with Gasteiger partial charge in [-0.25, -0.2) is 0 Å². The number of nitrogens with one attached hydrogen (secondary N) is 1. The smallest absolute Gasteiger partial charge is 0.237 e. The van der Waals surface area contributed by atoms with Gasteiger partial charge in [-0.05, 0) is 43.5 Å². The molecular formula is C17H28ClN3O. The first-order chi connectivity index (χ1) is 10.2. The van der Waals surface area contributed by atoms with Crippen LogP contribution in [0.15, 0.2) is 24.3 Å². The van der Waals surface area contributed by atoms with Crippen molar-refractivity contribution < 1.29 is 4.79 Å². The molecule has 22 heavy (non-hydrogen) atoms. The van der Waals surface area contributed by atoms with Gasteiger partial charge in [-0.15, -0.1) is 12.4 Å². The van der Waals surface area contributed by atoms with Crippen molar-refractivity contribution in [1.29, 1.82) is 0 Å². The van der Waals surface area contributed by atoms with Gasteiger partial charge in [0.05, 0.1) is 6.04 Å². The first-order valence-electron chi connectivity index (χ1n) is 8.02. The van der Waals surface area contributed by atoms with Gasteiger partial charge in [0.25, 0.3) is 0 Å². The lowest BCUT2D eigenvalue weighted by Crippen LogP contribution is -2.40. The van der Waals surface area contributed by atoms with E-state index in [0.717, 1.165) is 24.9 Å². The molecule has 1 fully saturated rings. The van der Waals surface area contributed by atoms with Crippen molar-refractivity contribution in [2.75, 3.05) is 13.1 Å². The summed E-state index contributed by atoms with van der Waals surface area (Å²) in [4.78, 5) is 14.2. The van der Waals surface area contributed by atoms with Crippen LogP contribution in [-0.4, -0.2) is 29.9 Å².